The van der Waals surface area contributed by atoms with Gasteiger partial charge in [0.05, 0.1) is 6.04 Å². The summed E-state index contributed by atoms with van der Waals surface area (Å²) in [6.45, 7) is 7.16. The topological polar surface area (TPSA) is 79.4 Å². The van der Waals surface area contributed by atoms with Crippen LogP contribution in [-0.4, -0.2) is 27.7 Å². The standard InChI is InChI=1S/C13H17N3O3S/c1-6(2)9-10(17)15-13(19)16(12(9)18)8(4)11-14-7(3)5-20-11/h5-6,8-9H,1-4H3,(H,15,17,19). The Balaban J connectivity index is 2.32. The predicted molar refractivity (Wildman–Crippen MR) is 74.0 cm³/mol. The summed E-state index contributed by atoms with van der Waals surface area (Å²) in [4.78, 5) is 41.6. The highest BCUT2D eigenvalue weighted by atomic mass is 32.1. The largest absolute Gasteiger partial charge is 0.331 e. The van der Waals surface area contributed by atoms with Crippen LogP contribution in [0.25, 0.3) is 0 Å². The second-order valence-corrected chi connectivity index (χ2v) is 6.12. The molecule has 0 bridgehead atoms. The number of amides is 4. The molecule has 0 radical (unpaired) electrons. The Bertz CT molecular complexity index is 567. The van der Waals surface area contributed by atoms with Gasteiger partial charge in [0.2, 0.25) is 11.8 Å². The van der Waals surface area contributed by atoms with E-state index in [1.807, 2.05) is 12.3 Å². The Kier molecular flexibility index (Phi) is 3.89. The van der Waals surface area contributed by atoms with Crippen molar-refractivity contribution in [3.63, 3.8) is 0 Å². The zero-order valence-corrected chi connectivity index (χ0v) is 12.7. The minimum Gasteiger partial charge on any atom is -0.277 e. The number of imide groups is 2. The fourth-order valence-corrected chi connectivity index (χ4v) is 3.08. The van der Waals surface area contributed by atoms with Crippen LogP contribution in [-0.2, 0) is 9.59 Å². The lowest BCUT2D eigenvalue weighted by Gasteiger charge is -2.34. The average Bonchev–Trinajstić information content (AvgIpc) is 2.74. The summed E-state index contributed by atoms with van der Waals surface area (Å²) in [6.07, 6.45) is 0. The number of barbiturate groups is 1. The molecule has 0 spiro atoms. The van der Waals surface area contributed by atoms with Crippen LogP contribution < -0.4 is 5.32 Å². The fraction of sp³-hybridized carbons (Fsp3) is 0.538. The van der Waals surface area contributed by atoms with E-state index in [4.69, 9.17) is 0 Å². The molecule has 2 rings (SSSR count). The van der Waals surface area contributed by atoms with Gasteiger partial charge >= 0.3 is 6.03 Å². The second kappa shape index (κ2) is 5.32. The quantitative estimate of drug-likeness (QED) is 0.863. The molecule has 20 heavy (non-hydrogen) atoms. The van der Waals surface area contributed by atoms with Crippen molar-refractivity contribution in [2.45, 2.75) is 33.7 Å². The summed E-state index contributed by atoms with van der Waals surface area (Å²) in [5.41, 5.74) is 0.846. The molecule has 1 aromatic heterocycles. The third-order valence-electron chi connectivity index (χ3n) is 3.28. The van der Waals surface area contributed by atoms with Crippen molar-refractivity contribution in [2.75, 3.05) is 0 Å². The van der Waals surface area contributed by atoms with Gasteiger partial charge in [-0.3, -0.25) is 19.8 Å². The third kappa shape index (κ3) is 2.45. The van der Waals surface area contributed by atoms with Crippen molar-refractivity contribution in [1.82, 2.24) is 15.2 Å². The summed E-state index contributed by atoms with van der Waals surface area (Å²) >= 11 is 1.40. The molecule has 1 saturated heterocycles. The Hall–Kier alpha value is -1.76. The summed E-state index contributed by atoms with van der Waals surface area (Å²) in [5, 5.41) is 4.80. The molecule has 6 nitrogen and oxygen atoms in total. The normalized spacial score (nSPS) is 21.4. The molecule has 1 aromatic rings. The maximum atomic E-state index is 12.4. The molecular weight excluding hydrogens is 278 g/mol. The van der Waals surface area contributed by atoms with Crippen LogP contribution >= 0.6 is 11.3 Å². The van der Waals surface area contributed by atoms with Crippen LogP contribution in [0.15, 0.2) is 5.38 Å². The highest BCUT2D eigenvalue weighted by Crippen LogP contribution is 2.29. The van der Waals surface area contributed by atoms with E-state index in [2.05, 4.69) is 10.3 Å². The fourth-order valence-electron chi connectivity index (χ4n) is 2.23. The smallest absolute Gasteiger partial charge is 0.277 e. The molecule has 0 saturated carbocycles. The highest BCUT2D eigenvalue weighted by molar-refractivity contribution is 7.09. The first-order valence-electron chi connectivity index (χ1n) is 6.42. The van der Waals surface area contributed by atoms with E-state index in [1.165, 1.54) is 11.3 Å². The van der Waals surface area contributed by atoms with Gasteiger partial charge in [-0.25, -0.2) is 9.78 Å². The molecule has 0 aromatic carbocycles. The number of hydrogen-bond acceptors (Lipinski definition) is 5. The van der Waals surface area contributed by atoms with Crippen LogP contribution in [0.3, 0.4) is 0 Å². The highest BCUT2D eigenvalue weighted by Gasteiger charge is 2.44. The number of carbonyl (C=O) groups excluding carboxylic acids is 3. The minimum absolute atomic E-state index is 0.164. The maximum absolute atomic E-state index is 12.4. The lowest BCUT2D eigenvalue weighted by molar-refractivity contribution is -0.145. The van der Waals surface area contributed by atoms with Crippen molar-refractivity contribution in [1.29, 1.82) is 0 Å². The summed E-state index contributed by atoms with van der Waals surface area (Å²) in [6, 6.07) is -1.15. The van der Waals surface area contributed by atoms with E-state index in [0.29, 0.717) is 5.01 Å². The number of hydrogen-bond donors (Lipinski definition) is 1. The minimum atomic E-state index is -0.823. The first-order chi connectivity index (χ1) is 9.32. The number of carbonyl (C=O) groups is 3. The van der Waals surface area contributed by atoms with Gasteiger partial charge in [0, 0.05) is 11.1 Å². The van der Waals surface area contributed by atoms with Gasteiger partial charge in [0.1, 0.15) is 10.9 Å². The molecule has 1 aliphatic heterocycles. The average molecular weight is 295 g/mol. The Morgan fingerprint density at radius 3 is 2.45 bits per heavy atom. The Labute approximate surface area is 121 Å². The molecule has 7 heteroatoms. The predicted octanol–water partition coefficient (Wildman–Crippen LogP) is 1.86. The molecule has 1 N–H and O–H groups in total. The number of nitrogens with one attached hydrogen (secondary N) is 1. The third-order valence-corrected chi connectivity index (χ3v) is 4.42. The van der Waals surface area contributed by atoms with Crippen LogP contribution in [0.1, 0.15) is 37.5 Å². The van der Waals surface area contributed by atoms with Crippen molar-refractivity contribution >= 4 is 29.2 Å². The van der Waals surface area contributed by atoms with Crippen LogP contribution in [0.5, 0.6) is 0 Å². The van der Waals surface area contributed by atoms with E-state index in [9.17, 15) is 14.4 Å². The van der Waals surface area contributed by atoms with Crippen molar-refractivity contribution in [3.05, 3.63) is 16.1 Å². The lowest BCUT2D eigenvalue weighted by Crippen LogP contribution is -2.59. The summed E-state index contributed by atoms with van der Waals surface area (Å²) in [5.74, 6) is -1.96. The Morgan fingerprint density at radius 1 is 1.30 bits per heavy atom. The van der Waals surface area contributed by atoms with Gasteiger partial charge in [0.15, 0.2) is 0 Å². The van der Waals surface area contributed by atoms with Gasteiger partial charge in [0.25, 0.3) is 0 Å². The number of aromatic nitrogens is 1. The van der Waals surface area contributed by atoms with E-state index >= 15 is 0 Å². The molecule has 1 fully saturated rings. The van der Waals surface area contributed by atoms with Crippen LogP contribution in [0, 0.1) is 18.8 Å². The first-order valence-corrected chi connectivity index (χ1v) is 7.30. The first kappa shape index (κ1) is 14.6. The number of thiazole rings is 1. The zero-order valence-electron chi connectivity index (χ0n) is 11.8. The van der Waals surface area contributed by atoms with E-state index < -0.39 is 29.8 Å². The number of aryl methyl sites for hydroxylation is 1. The SMILES string of the molecule is Cc1csc(C(C)N2C(=O)NC(=O)C(C(C)C)C2=O)n1. The van der Waals surface area contributed by atoms with Crippen molar-refractivity contribution < 1.29 is 14.4 Å². The van der Waals surface area contributed by atoms with Gasteiger partial charge in [-0.15, -0.1) is 11.3 Å². The molecule has 0 aliphatic carbocycles. The van der Waals surface area contributed by atoms with E-state index in [1.54, 1.807) is 20.8 Å². The van der Waals surface area contributed by atoms with Crippen LogP contribution in [0.2, 0.25) is 0 Å². The molecule has 2 heterocycles. The van der Waals surface area contributed by atoms with Crippen LogP contribution in [0.4, 0.5) is 4.79 Å². The van der Waals surface area contributed by atoms with Crippen molar-refractivity contribution in [2.24, 2.45) is 11.8 Å². The Morgan fingerprint density at radius 2 is 1.95 bits per heavy atom. The summed E-state index contributed by atoms with van der Waals surface area (Å²) < 4.78 is 0. The molecule has 4 amide bonds. The second-order valence-electron chi connectivity index (χ2n) is 5.23. The van der Waals surface area contributed by atoms with Gasteiger partial charge < -0.3 is 0 Å². The summed E-state index contributed by atoms with van der Waals surface area (Å²) in [7, 11) is 0. The molecule has 2 unspecified atom stereocenters. The molecular formula is C13H17N3O3S. The maximum Gasteiger partial charge on any atom is 0.331 e. The number of nitrogens with zero attached hydrogens (tertiary/aromatic N) is 2. The van der Waals surface area contributed by atoms with Gasteiger partial charge in [-0.2, -0.15) is 0 Å². The molecule has 108 valence electrons. The number of urea groups is 1. The zero-order chi connectivity index (χ0) is 15.0. The van der Waals surface area contributed by atoms with E-state index in [0.717, 1.165) is 10.6 Å². The molecule has 2 atom stereocenters. The monoisotopic (exact) mass is 295 g/mol. The van der Waals surface area contributed by atoms with Crippen molar-refractivity contribution in [3.8, 4) is 0 Å². The number of rotatable bonds is 3. The molecule has 1 aliphatic rings. The van der Waals surface area contributed by atoms with E-state index in [-0.39, 0.29) is 5.92 Å². The lowest BCUT2D eigenvalue weighted by atomic mass is 9.91. The van der Waals surface area contributed by atoms with Gasteiger partial charge in [-0.05, 0) is 19.8 Å². The van der Waals surface area contributed by atoms with Gasteiger partial charge in [-0.1, -0.05) is 13.8 Å².